The van der Waals surface area contributed by atoms with Gasteiger partial charge < -0.3 is 89.9 Å². The number of rotatable bonds is 51. The van der Waals surface area contributed by atoms with Crippen LogP contribution < -0.4 is 5.32 Å². The standard InChI is InChI=1S/C68H121NO18/c1-3-5-7-9-11-13-15-17-18-19-20-21-22-23-24-25-26-27-28-29-30-31-32-34-35-37-39-41-43-45-52(73)51(69-56(74)46-44-42-40-38-36-33-16-14-12-10-8-6-4-2)50-82-66-62(80)59(77)64(54(48-71)84-66)87-68-63(81)60(78)65(55(49-72)85-68)86-67-61(79)58(76)57(75)53(47-70)83-67/h8,10,14,16,30-31,35,37,43,45,51-55,57-68,70-73,75-81H,3-7,9,11-13,15,17-29,32-34,36,38-42,44,46-50H2,1-2H3,(H,69,74)/b10-8-,16-14-,31-30+,37-35+,45-43+. The minimum absolute atomic E-state index is 0.213. The molecule has 17 unspecified atom stereocenters. The van der Waals surface area contributed by atoms with Gasteiger partial charge in [-0.2, -0.15) is 0 Å². The number of hydrogen-bond acceptors (Lipinski definition) is 18. The van der Waals surface area contributed by atoms with Gasteiger partial charge in [0.25, 0.3) is 0 Å². The fourth-order valence-corrected chi connectivity index (χ4v) is 11.2. The lowest BCUT2D eigenvalue weighted by Gasteiger charge is -2.48. The lowest BCUT2D eigenvalue weighted by atomic mass is 9.96. The average Bonchev–Trinajstić information content (AvgIpc) is 2.79. The molecule has 0 aliphatic carbocycles. The zero-order valence-corrected chi connectivity index (χ0v) is 53.2. The molecule has 0 aromatic heterocycles. The van der Waals surface area contributed by atoms with Gasteiger partial charge in [-0.1, -0.05) is 216 Å². The highest BCUT2D eigenvalue weighted by molar-refractivity contribution is 5.76. The number of aliphatic hydroxyl groups excluding tert-OH is 11. The fourth-order valence-electron chi connectivity index (χ4n) is 11.2. The molecular formula is C68H121NO18. The molecule has 3 aliphatic rings. The zero-order valence-electron chi connectivity index (χ0n) is 53.2. The number of unbranched alkanes of at least 4 members (excludes halogenated alkanes) is 27. The molecule has 3 aliphatic heterocycles. The maximum absolute atomic E-state index is 13.3. The summed E-state index contributed by atoms with van der Waals surface area (Å²) in [5.74, 6) is -0.306. The Labute approximate surface area is 522 Å². The first-order valence-electron chi connectivity index (χ1n) is 34.0. The van der Waals surface area contributed by atoms with E-state index in [1.165, 1.54) is 122 Å². The van der Waals surface area contributed by atoms with Crippen molar-refractivity contribution >= 4 is 5.91 Å². The third-order valence-corrected chi connectivity index (χ3v) is 16.7. The van der Waals surface area contributed by atoms with E-state index in [0.717, 1.165) is 77.0 Å². The molecule has 506 valence electrons. The van der Waals surface area contributed by atoms with Crippen molar-refractivity contribution in [3.63, 3.8) is 0 Å². The minimum Gasteiger partial charge on any atom is -0.394 e. The summed E-state index contributed by atoms with van der Waals surface area (Å²) < 4.78 is 34.3. The molecule has 3 heterocycles. The molecule has 3 fully saturated rings. The van der Waals surface area contributed by atoms with Crippen LogP contribution in [0.1, 0.15) is 232 Å². The largest absolute Gasteiger partial charge is 0.394 e. The molecule has 12 N–H and O–H groups in total. The Morgan fingerprint density at radius 1 is 0.414 bits per heavy atom. The van der Waals surface area contributed by atoms with E-state index >= 15 is 0 Å². The summed E-state index contributed by atoms with van der Waals surface area (Å²) >= 11 is 0. The first-order chi connectivity index (χ1) is 42.3. The van der Waals surface area contributed by atoms with E-state index in [0.29, 0.717) is 12.8 Å². The van der Waals surface area contributed by atoms with Gasteiger partial charge in [0.1, 0.15) is 73.2 Å². The van der Waals surface area contributed by atoms with E-state index in [9.17, 15) is 61.0 Å². The second kappa shape index (κ2) is 50.1. The summed E-state index contributed by atoms with van der Waals surface area (Å²) in [6.45, 7) is 1.62. The zero-order chi connectivity index (χ0) is 63.3. The maximum Gasteiger partial charge on any atom is 0.220 e. The second-order valence-corrected chi connectivity index (χ2v) is 24.3. The van der Waals surface area contributed by atoms with Crippen LogP contribution in [0.2, 0.25) is 0 Å². The molecule has 1 amide bonds. The predicted molar refractivity (Wildman–Crippen MR) is 337 cm³/mol. The van der Waals surface area contributed by atoms with E-state index in [2.05, 4.69) is 67.8 Å². The molecule has 0 aromatic rings. The van der Waals surface area contributed by atoms with Gasteiger partial charge in [0.2, 0.25) is 5.91 Å². The average molecular weight is 1240 g/mol. The van der Waals surface area contributed by atoms with Crippen molar-refractivity contribution in [2.24, 2.45) is 0 Å². The molecule has 19 heteroatoms. The van der Waals surface area contributed by atoms with Crippen molar-refractivity contribution in [2.75, 3.05) is 26.4 Å². The number of aliphatic hydroxyl groups is 11. The Kier molecular flexibility index (Phi) is 45.3. The Bertz CT molecular complexity index is 1820. The highest BCUT2D eigenvalue weighted by atomic mass is 16.8. The molecule has 19 nitrogen and oxygen atoms in total. The highest BCUT2D eigenvalue weighted by Gasteiger charge is 2.53. The van der Waals surface area contributed by atoms with Crippen LogP contribution in [-0.2, 0) is 33.2 Å². The number of ether oxygens (including phenoxy) is 6. The first-order valence-corrected chi connectivity index (χ1v) is 34.0. The monoisotopic (exact) mass is 1240 g/mol. The normalized spacial score (nSPS) is 29.0. The van der Waals surface area contributed by atoms with Gasteiger partial charge in [0.05, 0.1) is 38.6 Å². The van der Waals surface area contributed by atoms with Crippen LogP contribution in [0.15, 0.2) is 60.8 Å². The van der Waals surface area contributed by atoms with E-state index in [1.807, 2.05) is 6.08 Å². The Balaban J connectivity index is 1.43. The van der Waals surface area contributed by atoms with E-state index < -0.39 is 124 Å². The van der Waals surface area contributed by atoms with Crippen molar-refractivity contribution in [1.82, 2.24) is 5.32 Å². The summed E-state index contributed by atoms with van der Waals surface area (Å²) in [5, 5.41) is 120. The van der Waals surface area contributed by atoms with Crippen LogP contribution in [0.5, 0.6) is 0 Å². The fraction of sp³-hybridized carbons (Fsp3) is 0.838. The lowest BCUT2D eigenvalue weighted by molar-refractivity contribution is -0.379. The molecule has 87 heavy (non-hydrogen) atoms. The van der Waals surface area contributed by atoms with Crippen molar-refractivity contribution < 1.29 is 89.4 Å². The summed E-state index contributed by atoms with van der Waals surface area (Å²) in [6, 6.07) is -1.01. The van der Waals surface area contributed by atoms with Crippen molar-refractivity contribution in [3.05, 3.63) is 60.8 Å². The molecule has 3 saturated heterocycles. The number of hydrogen-bond donors (Lipinski definition) is 12. The third kappa shape index (κ3) is 32.6. The molecule has 0 bridgehead atoms. The van der Waals surface area contributed by atoms with Crippen molar-refractivity contribution in [1.29, 1.82) is 0 Å². The van der Waals surface area contributed by atoms with Crippen LogP contribution in [0.3, 0.4) is 0 Å². The van der Waals surface area contributed by atoms with Gasteiger partial charge in [0.15, 0.2) is 18.9 Å². The van der Waals surface area contributed by atoms with Crippen molar-refractivity contribution in [2.45, 2.75) is 336 Å². The van der Waals surface area contributed by atoms with Gasteiger partial charge in [0, 0.05) is 6.42 Å². The van der Waals surface area contributed by atoms with E-state index in [4.69, 9.17) is 28.4 Å². The van der Waals surface area contributed by atoms with Gasteiger partial charge in [-0.25, -0.2) is 0 Å². The number of carbonyl (C=O) groups is 1. The van der Waals surface area contributed by atoms with Crippen molar-refractivity contribution in [3.8, 4) is 0 Å². The lowest BCUT2D eigenvalue weighted by Crippen LogP contribution is -2.66. The first kappa shape index (κ1) is 78.7. The number of carbonyl (C=O) groups excluding carboxylic acids is 1. The Morgan fingerprint density at radius 2 is 0.793 bits per heavy atom. The smallest absolute Gasteiger partial charge is 0.220 e. The van der Waals surface area contributed by atoms with Crippen LogP contribution in [0, 0.1) is 0 Å². The summed E-state index contributed by atoms with van der Waals surface area (Å²) in [6.07, 6.45) is 33.7. The van der Waals surface area contributed by atoms with Crippen LogP contribution in [-0.4, -0.2) is 193 Å². The Morgan fingerprint density at radius 3 is 1.26 bits per heavy atom. The highest BCUT2D eigenvalue weighted by Crippen LogP contribution is 2.33. The number of nitrogens with one attached hydrogen (secondary N) is 1. The van der Waals surface area contributed by atoms with Gasteiger partial charge in [-0.15, -0.1) is 0 Å². The van der Waals surface area contributed by atoms with Crippen LogP contribution >= 0.6 is 0 Å². The Hall–Kier alpha value is -2.51. The SMILES string of the molecule is CCC/C=C\C/C=C\CCCCCCCC(=O)NC(COC1OC(CO)C(OC2OC(CO)C(OC3OC(CO)C(O)C(O)C3O)C(O)C2O)C(O)C1O)C(O)/C=C/CC/C=C/CC/C=C/CCCCCCCCCCCCCCCCCCCCC. The summed E-state index contributed by atoms with van der Waals surface area (Å²) in [7, 11) is 0. The topological polar surface area (TPSA) is 307 Å². The molecule has 0 saturated carbocycles. The van der Waals surface area contributed by atoms with Gasteiger partial charge in [-0.3, -0.25) is 4.79 Å². The van der Waals surface area contributed by atoms with Crippen LogP contribution in [0.4, 0.5) is 0 Å². The molecule has 17 atom stereocenters. The molecule has 0 spiro atoms. The number of allylic oxidation sites excluding steroid dienone is 9. The molecular weight excluding hydrogens is 1120 g/mol. The van der Waals surface area contributed by atoms with E-state index in [1.54, 1.807) is 6.08 Å². The maximum atomic E-state index is 13.3. The van der Waals surface area contributed by atoms with Crippen LogP contribution in [0.25, 0.3) is 0 Å². The second-order valence-electron chi connectivity index (χ2n) is 24.3. The minimum atomic E-state index is -1.99. The third-order valence-electron chi connectivity index (χ3n) is 16.7. The molecule has 0 aromatic carbocycles. The summed E-state index contributed by atoms with van der Waals surface area (Å²) in [4.78, 5) is 13.3. The van der Waals surface area contributed by atoms with Gasteiger partial charge >= 0.3 is 0 Å². The predicted octanol–water partition coefficient (Wildman–Crippen LogP) is 8.38. The molecule has 3 rings (SSSR count). The summed E-state index contributed by atoms with van der Waals surface area (Å²) in [5.41, 5.74) is 0. The quantitative estimate of drug-likeness (QED) is 0.0201. The van der Waals surface area contributed by atoms with Gasteiger partial charge in [-0.05, 0) is 70.6 Å². The molecule has 0 radical (unpaired) electrons. The number of amides is 1. The van der Waals surface area contributed by atoms with E-state index in [-0.39, 0.29) is 18.9 Å².